The van der Waals surface area contributed by atoms with E-state index in [-0.39, 0.29) is 5.41 Å². The van der Waals surface area contributed by atoms with Crippen molar-refractivity contribution in [3.05, 3.63) is 54.7 Å². The van der Waals surface area contributed by atoms with Crippen molar-refractivity contribution < 1.29 is 14.6 Å². The van der Waals surface area contributed by atoms with E-state index in [2.05, 4.69) is 17.1 Å². The second-order valence-corrected chi connectivity index (χ2v) is 8.35. The first-order valence-corrected chi connectivity index (χ1v) is 10.3. The Hall–Kier alpha value is -3.68. The SMILES string of the molecule is CC1(COc2cccc3ccc(-c4nnc5ccccn45)nc23)CCN(C(=O)O)CC1. The maximum atomic E-state index is 11.2. The fourth-order valence-electron chi connectivity index (χ4n) is 4.01. The van der Waals surface area contributed by atoms with E-state index in [1.165, 1.54) is 4.90 Å². The molecule has 4 heterocycles. The van der Waals surface area contributed by atoms with Gasteiger partial charge in [-0.2, -0.15) is 0 Å². The van der Waals surface area contributed by atoms with E-state index in [4.69, 9.17) is 9.72 Å². The molecule has 0 unspecified atom stereocenters. The Labute approximate surface area is 179 Å². The number of pyridine rings is 2. The van der Waals surface area contributed by atoms with Gasteiger partial charge in [0.15, 0.2) is 11.5 Å². The number of para-hydroxylation sites is 1. The third-order valence-corrected chi connectivity index (χ3v) is 6.04. The number of benzene rings is 1. The minimum atomic E-state index is -0.852. The van der Waals surface area contributed by atoms with Gasteiger partial charge in [0.1, 0.15) is 17.0 Å². The summed E-state index contributed by atoms with van der Waals surface area (Å²) in [6, 6.07) is 15.6. The minimum absolute atomic E-state index is 0.0745. The van der Waals surface area contributed by atoms with Crippen LogP contribution >= 0.6 is 0 Å². The van der Waals surface area contributed by atoms with Crippen molar-refractivity contribution in [1.29, 1.82) is 0 Å². The Kier molecular flexibility index (Phi) is 4.69. The molecule has 4 aromatic rings. The number of carbonyl (C=O) groups is 1. The molecule has 1 aliphatic rings. The van der Waals surface area contributed by atoms with Crippen LogP contribution in [0.2, 0.25) is 0 Å². The van der Waals surface area contributed by atoms with Gasteiger partial charge >= 0.3 is 6.09 Å². The number of nitrogens with zero attached hydrogens (tertiary/aromatic N) is 5. The van der Waals surface area contributed by atoms with E-state index in [0.717, 1.165) is 40.8 Å². The smallest absolute Gasteiger partial charge is 0.407 e. The lowest BCUT2D eigenvalue weighted by Gasteiger charge is -2.37. The highest BCUT2D eigenvalue weighted by molar-refractivity contribution is 5.86. The number of carboxylic acid groups (broad SMARTS) is 1. The van der Waals surface area contributed by atoms with Gasteiger partial charge in [0, 0.05) is 30.1 Å². The Morgan fingerprint density at radius 3 is 2.74 bits per heavy atom. The van der Waals surface area contributed by atoms with Crippen LogP contribution < -0.4 is 4.74 Å². The highest BCUT2D eigenvalue weighted by atomic mass is 16.5. The van der Waals surface area contributed by atoms with Crippen LogP contribution in [0.1, 0.15) is 19.8 Å². The Bertz CT molecular complexity index is 1260. The molecule has 0 aliphatic carbocycles. The van der Waals surface area contributed by atoms with Gasteiger partial charge in [0.25, 0.3) is 0 Å². The number of piperidine rings is 1. The van der Waals surface area contributed by atoms with Gasteiger partial charge in [-0.05, 0) is 37.1 Å². The average molecular weight is 417 g/mol. The van der Waals surface area contributed by atoms with Gasteiger partial charge in [-0.1, -0.05) is 31.2 Å². The summed E-state index contributed by atoms with van der Waals surface area (Å²) in [5, 5.41) is 18.7. The van der Waals surface area contributed by atoms with Crippen molar-refractivity contribution in [3.63, 3.8) is 0 Å². The molecule has 8 heteroatoms. The van der Waals surface area contributed by atoms with Crippen LogP contribution in [0.5, 0.6) is 5.75 Å². The Morgan fingerprint density at radius 2 is 1.94 bits per heavy atom. The van der Waals surface area contributed by atoms with Crippen molar-refractivity contribution in [2.24, 2.45) is 5.41 Å². The van der Waals surface area contributed by atoms with E-state index >= 15 is 0 Å². The summed E-state index contributed by atoms with van der Waals surface area (Å²) in [4.78, 5) is 17.5. The highest BCUT2D eigenvalue weighted by Gasteiger charge is 2.32. The zero-order valence-corrected chi connectivity index (χ0v) is 17.2. The van der Waals surface area contributed by atoms with Crippen molar-refractivity contribution in [2.45, 2.75) is 19.8 Å². The summed E-state index contributed by atoms with van der Waals surface area (Å²) in [6.07, 6.45) is 2.61. The topological polar surface area (TPSA) is 92.9 Å². The van der Waals surface area contributed by atoms with Gasteiger partial charge in [0.2, 0.25) is 0 Å². The van der Waals surface area contributed by atoms with Crippen molar-refractivity contribution >= 4 is 22.6 Å². The molecule has 1 saturated heterocycles. The summed E-state index contributed by atoms with van der Waals surface area (Å²) in [5.41, 5.74) is 2.20. The molecule has 3 aromatic heterocycles. The second kappa shape index (κ2) is 7.54. The maximum absolute atomic E-state index is 11.2. The number of rotatable bonds is 4. The molecule has 1 aliphatic heterocycles. The lowest BCUT2D eigenvalue weighted by molar-refractivity contribution is 0.0660. The molecule has 1 fully saturated rings. The van der Waals surface area contributed by atoms with Gasteiger partial charge in [0.05, 0.1) is 6.61 Å². The van der Waals surface area contributed by atoms with Gasteiger partial charge in [-0.25, -0.2) is 9.78 Å². The second-order valence-electron chi connectivity index (χ2n) is 8.35. The zero-order chi connectivity index (χ0) is 21.4. The van der Waals surface area contributed by atoms with E-state index in [0.29, 0.717) is 25.5 Å². The van der Waals surface area contributed by atoms with E-state index in [1.54, 1.807) is 0 Å². The summed E-state index contributed by atoms with van der Waals surface area (Å²) >= 11 is 0. The van der Waals surface area contributed by atoms with E-state index in [9.17, 15) is 9.90 Å². The first kappa shape index (κ1) is 19.3. The molecule has 0 spiro atoms. The highest BCUT2D eigenvalue weighted by Crippen LogP contribution is 2.33. The third-order valence-electron chi connectivity index (χ3n) is 6.04. The minimum Gasteiger partial charge on any atom is -0.491 e. The number of amides is 1. The van der Waals surface area contributed by atoms with Crippen LogP contribution in [0.4, 0.5) is 4.79 Å². The molecule has 0 bridgehead atoms. The van der Waals surface area contributed by atoms with Gasteiger partial charge in [-0.3, -0.25) is 4.40 Å². The van der Waals surface area contributed by atoms with Crippen LogP contribution in [-0.2, 0) is 0 Å². The summed E-state index contributed by atoms with van der Waals surface area (Å²) in [7, 11) is 0. The fourth-order valence-corrected chi connectivity index (χ4v) is 4.01. The number of ether oxygens (including phenoxy) is 1. The summed E-state index contributed by atoms with van der Waals surface area (Å²) < 4.78 is 8.16. The molecule has 0 saturated carbocycles. The zero-order valence-electron chi connectivity index (χ0n) is 17.2. The number of aromatic nitrogens is 4. The maximum Gasteiger partial charge on any atom is 0.407 e. The van der Waals surface area contributed by atoms with Crippen LogP contribution in [-0.4, -0.2) is 55.4 Å². The predicted octanol–water partition coefficient (Wildman–Crippen LogP) is 4.10. The first-order valence-electron chi connectivity index (χ1n) is 10.3. The standard InChI is InChI=1S/C23H23N5O3/c1-23(10-13-27(14-11-23)22(29)30)15-31-18-6-4-5-16-8-9-17(24-20(16)18)21-26-25-19-7-2-3-12-28(19)21/h2-9,12H,10-11,13-15H2,1H3,(H,29,30). The van der Waals surface area contributed by atoms with Crippen molar-refractivity contribution in [1.82, 2.24) is 24.5 Å². The molecule has 0 radical (unpaired) electrons. The first-order chi connectivity index (χ1) is 15.0. The molecule has 1 amide bonds. The van der Waals surface area contributed by atoms with E-state index in [1.807, 2.05) is 59.1 Å². The molecule has 31 heavy (non-hydrogen) atoms. The van der Waals surface area contributed by atoms with Crippen LogP contribution in [0.15, 0.2) is 54.7 Å². The van der Waals surface area contributed by atoms with Crippen LogP contribution in [0.25, 0.3) is 28.1 Å². The number of hydrogen-bond donors (Lipinski definition) is 1. The number of likely N-dealkylation sites (tertiary alicyclic amines) is 1. The molecule has 0 atom stereocenters. The number of fused-ring (bicyclic) bond motifs is 2. The van der Waals surface area contributed by atoms with Crippen LogP contribution in [0, 0.1) is 5.41 Å². The normalized spacial score (nSPS) is 16.0. The van der Waals surface area contributed by atoms with Crippen molar-refractivity contribution in [3.8, 4) is 17.3 Å². The lowest BCUT2D eigenvalue weighted by atomic mass is 9.81. The summed E-state index contributed by atoms with van der Waals surface area (Å²) in [6.45, 7) is 3.73. The lowest BCUT2D eigenvalue weighted by Crippen LogP contribution is -2.43. The van der Waals surface area contributed by atoms with Crippen molar-refractivity contribution in [2.75, 3.05) is 19.7 Å². The number of hydrogen-bond acceptors (Lipinski definition) is 5. The van der Waals surface area contributed by atoms with Gasteiger partial charge < -0.3 is 14.7 Å². The third kappa shape index (κ3) is 3.65. The molecule has 1 aromatic carbocycles. The molecular formula is C23H23N5O3. The summed E-state index contributed by atoms with van der Waals surface area (Å²) in [5.74, 6) is 1.40. The quantitative estimate of drug-likeness (QED) is 0.537. The molecular weight excluding hydrogens is 394 g/mol. The molecule has 158 valence electrons. The van der Waals surface area contributed by atoms with E-state index < -0.39 is 6.09 Å². The molecule has 1 N–H and O–H groups in total. The van der Waals surface area contributed by atoms with Gasteiger partial charge in [-0.15, -0.1) is 10.2 Å². The van der Waals surface area contributed by atoms with Crippen LogP contribution in [0.3, 0.4) is 0 Å². The Morgan fingerprint density at radius 1 is 1.10 bits per heavy atom. The largest absolute Gasteiger partial charge is 0.491 e. The fraction of sp³-hybridized carbons (Fsp3) is 0.304. The predicted molar refractivity (Wildman–Crippen MR) is 116 cm³/mol. The monoisotopic (exact) mass is 417 g/mol. The molecule has 5 rings (SSSR count). The Balaban J connectivity index is 1.42. The molecule has 8 nitrogen and oxygen atoms in total. The average Bonchev–Trinajstić information content (AvgIpc) is 3.22.